The molecule has 0 amide bonds. The van der Waals surface area contributed by atoms with Crippen LogP contribution in [0.2, 0.25) is 0 Å². The summed E-state index contributed by atoms with van der Waals surface area (Å²) in [5, 5.41) is 10.4. The third-order valence-corrected chi connectivity index (χ3v) is 7.31. The second kappa shape index (κ2) is 9.78. The van der Waals surface area contributed by atoms with Crippen molar-refractivity contribution in [3.05, 3.63) is 29.8 Å². The molecule has 162 valence electrons. The van der Waals surface area contributed by atoms with Gasteiger partial charge in [-0.3, -0.25) is 9.80 Å². The summed E-state index contributed by atoms with van der Waals surface area (Å²) in [5.74, 6) is 0.882. The Kier molecular flexibility index (Phi) is 7.12. The van der Waals surface area contributed by atoms with Gasteiger partial charge in [0.15, 0.2) is 0 Å². The predicted molar refractivity (Wildman–Crippen MR) is 117 cm³/mol. The first kappa shape index (κ1) is 21.1. The lowest BCUT2D eigenvalue weighted by atomic mass is 9.86. The maximum Gasteiger partial charge on any atom is 0.119 e. The van der Waals surface area contributed by atoms with E-state index in [1.807, 2.05) is 6.07 Å². The number of nitrogens with zero attached hydrogens (tertiary/aromatic N) is 3. The smallest absolute Gasteiger partial charge is 0.119 e. The third-order valence-electron chi connectivity index (χ3n) is 7.31. The molecule has 1 aromatic rings. The minimum Gasteiger partial charge on any atom is -0.491 e. The molecule has 4 rings (SSSR count). The van der Waals surface area contributed by atoms with Crippen molar-refractivity contribution in [1.82, 2.24) is 14.7 Å². The van der Waals surface area contributed by atoms with Crippen molar-refractivity contribution < 1.29 is 9.84 Å². The van der Waals surface area contributed by atoms with E-state index in [9.17, 15) is 5.11 Å². The minimum absolute atomic E-state index is 0.365. The number of aliphatic hydroxyl groups excluding tert-OH is 1. The topological polar surface area (TPSA) is 39.2 Å². The lowest BCUT2D eigenvalue weighted by Gasteiger charge is -2.34. The largest absolute Gasteiger partial charge is 0.491 e. The Morgan fingerprint density at radius 1 is 1.00 bits per heavy atom. The summed E-state index contributed by atoms with van der Waals surface area (Å²) >= 11 is 0. The summed E-state index contributed by atoms with van der Waals surface area (Å²) in [6, 6.07) is 8.46. The highest BCUT2D eigenvalue weighted by Crippen LogP contribution is 2.45. The molecule has 1 atom stereocenters. The zero-order chi connectivity index (χ0) is 20.1. The zero-order valence-electron chi connectivity index (χ0n) is 18.2. The van der Waals surface area contributed by atoms with Gasteiger partial charge < -0.3 is 14.7 Å². The fraction of sp³-hybridized carbons (Fsp3) is 0.750. The van der Waals surface area contributed by atoms with Crippen LogP contribution >= 0.6 is 0 Å². The van der Waals surface area contributed by atoms with Gasteiger partial charge in [0.05, 0.1) is 0 Å². The van der Waals surface area contributed by atoms with Gasteiger partial charge in [-0.15, -0.1) is 0 Å². The molecule has 0 bridgehead atoms. The molecule has 1 aromatic carbocycles. The summed E-state index contributed by atoms with van der Waals surface area (Å²) in [6.45, 7) is 12.2. The van der Waals surface area contributed by atoms with Crippen molar-refractivity contribution in [1.29, 1.82) is 0 Å². The van der Waals surface area contributed by atoms with Crippen molar-refractivity contribution in [2.75, 3.05) is 59.0 Å². The number of rotatable bonds is 8. The van der Waals surface area contributed by atoms with E-state index < -0.39 is 6.10 Å². The Hall–Kier alpha value is -1.14. The van der Waals surface area contributed by atoms with E-state index in [1.165, 1.54) is 50.8 Å². The summed E-state index contributed by atoms with van der Waals surface area (Å²) in [4.78, 5) is 7.43. The SMILES string of the molecule is CCN1CCN(C[C@H](O)COc2cccc(CN3CCC4(CCCC4)C3)c2)CC1. The van der Waals surface area contributed by atoms with Crippen LogP contribution in [0.1, 0.15) is 44.6 Å². The zero-order valence-corrected chi connectivity index (χ0v) is 18.2. The Morgan fingerprint density at radius 2 is 1.76 bits per heavy atom. The highest BCUT2D eigenvalue weighted by molar-refractivity contribution is 5.28. The standard InChI is InChI=1S/C24H39N3O2/c1-2-25-12-14-26(15-13-25)18-22(28)19-29-23-7-5-6-21(16-23)17-27-11-10-24(20-27)8-3-4-9-24/h5-7,16,22,28H,2-4,8-15,17-20H2,1H3/t22-/m0/s1. The summed E-state index contributed by atoms with van der Waals surface area (Å²) in [5.41, 5.74) is 1.95. The van der Waals surface area contributed by atoms with E-state index >= 15 is 0 Å². The van der Waals surface area contributed by atoms with Crippen LogP contribution in [0, 0.1) is 5.41 Å². The molecule has 0 aromatic heterocycles. The molecule has 2 heterocycles. The number of β-amino-alcohol motifs (C(OH)–C–C–N with tert-alkyl or cyclic N) is 1. The quantitative estimate of drug-likeness (QED) is 0.725. The molecule has 0 unspecified atom stereocenters. The third kappa shape index (κ3) is 5.72. The number of likely N-dealkylation sites (N-methyl/N-ethyl adjacent to an activating group) is 1. The first-order valence-electron chi connectivity index (χ1n) is 11.7. The molecular formula is C24H39N3O2. The average molecular weight is 402 g/mol. The van der Waals surface area contributed by atoms with Gasteiger partial charge in [0.25, 0.3) is 0 Å². The number of hydrogen-bond acceptors (Lipinski definition) is 5. The van der Waals surface area contributed by atoms with Crippen LogP contribution in [0.4, 0.5) is 0 Å². The Balaban J connectivity index is 1.21. The maximum atomic E-state index is 10.4. The van der Waals surface area contributed by atoms with E-state index in [1.54, 1.807) is 0 Å². The molecule has 1 aliphatic carbocycles. The van der Waals surface area contributed by atoms with Crippen molar-refractivity contribution in [3.63, 3.8) is 0 Å². The van der Waals surface area contributed by atoms with E-state index in [0.29, 0.717) is 18.6 Å². The number of aliphatic hydroxyl groups is 1. The molecule has 1 N–H and O–H groups in total. The second-order valence-electron chi connectivity index (χ2n) is 9.51. The second-order valence-corrected chi connectivity index (χ2v) is 9.51. The molecular weight excluding hydrogens is 362 g/mol. The van der Waals surface area contributed by atoms with Gasteiger partial charge in [-0.2, -0.15) is 0 Å². The van der Waals surface area contributed by atoms with Crippen molar-refractivity contribution in [2.45, 2.75) is 51.7 Å². The van der Waals surface area contributed by atoms with Gasteiger partial charge in [-0.25, -0.2) is 0 Å². The molecule has 3 fully saturated rings. The van der Waals surface area contributed by atoms with Gasteiger partial charge in [0.2, 0.25) is 0 Å². The Bertz CT molecular complexity index is 639. The van der Waals surface area contributed by atoms with Gasteiger partial charge >= 0.3 is 0 Å². The summed E-state index contributed by atoms with van der Waals surface area (Å²) in [7, 11) is 0. The van der Waals surface area contributed by atoms with Crippen LogP contribution in [0.5, 0.6) is 5.75 Å². The Morgan fingerprint density at radius 3 is 2.52 bits per heavy atom. The monoisotopic (exact) mass is 401 g/mol. The van der Waals surface area contributed by atoms with Crippen molar-refractivity contribution >= 4 is 0 Å². The normalized spacial score (nSPS) is 24.3. The van der Waals surface area contributed by atoms with Crippen LogP contribution in [0.15, 0.2) is 24.3 Å². The molecule has 2 aliphatic heterocycles. The lowest BCUT2D eigenvalue weighted by molar-refractivity contribution is 0.0470. The van der Waals surface area contributed by atoms with Crippen LogP contribution in [0.3, 0.4) is 0 Å². The molecule has 29 heavy (non-hydrogen) atoms. The molecule has 1 spiro atoms. The van der Waals surface area contributed by atoms with Gasteiger partial charge in [-0.05, 0) is 55.5 Å². The first-order valence-corrected chi connectivity index (χ1v) is 11.7. The van der Waals surface area contributed by atoms with Gasteiger partial charge in [0, 0.05) is 45.8 Å². The van der Waals surface area contributed by atoms with E-state index in [0.717, 1.165) is 45.0 Å². The fourth-order valence-electron chi connectivity index (χ4n) is 5.52. The maximum absolute atomic E-state index is 10.4. The number of piperazine rings is 1. The molecule has 0 radical (unpaired) electrons. The van der Waals surface area contributed by atoms with Crippen molar-refractivity contribution in [2.24, 2.45) is 5.41 Å². The molecule has 5 nitrogen and oxygen atoms in total. The Labute approximate surface area is 176 Å². The number of likely N-dealkylation sites (tertiary alicyclic amines) is 1. The number of ether oxygens (including phenoxy) is 1. The average Bonchev–Trinajstić information content (AvgIpc) is 3.37. The van der Waals surface area contributed by atoms with Gasteiger partial charge in [0.1, 0.15) is 18.5 Å². The highest BCUT2D eigenvalue weighted by Gasteiger charge is 2.39. The fourth-order valence-corrected chi connectivity index (χ4v) is 5.52. The van der Waals surface area contributed by atoms with Crippen LogP contribution in [0.25, 0.3) is 0 Å². The molecule has 5 heteroatoms. The predicted octanol–water partition coefficient (Wildman–Crippen LogP) is 2.83. The lowest BCUT2D eigenvalue weighted by Crippen LogP contribution is -2.49. The first-order chi connectivity index (χ1) is 14.1. The summed E-state index contributed by atoms with van der Waals surface area (Å²) in [6.07, 6.45) is 6.65. The number of benzene rings is 1. The van der Waals surface area contributed by atoms with Crippen LogP contribution < -0.4 is 4.74 Å². The molecule has 2 saturated heterocycles. The summed E-state index contributed by atoms with van der Waals surface area (Å²) < 4.78 is 5.94. The van der Waals surface area contributed by atoms with Gasteiger partial charge in [-0.1, -0.05) is 31.9 Å². The van der Waals surface area contributed by atoms with Crippen molar-refractivity contribution in [3.8, 4) is 5.75 Å². The molecule has 1 saturated carbocycles. The van der Waals surface area contributed by atoms with Crippen LogP contribution in [-0.4, -0.2) is 84.9 Å². The van der Waals surface area contributed by atoms with E-state index in [4.69, 9.17) is 4.74 Å². The van der Waals surface area contributed by atoms with E-state index in [2.05, 4.69) is 39.8 Å². The van der Waals surface area contributed by atoms with Crippen LogP contribution in [-0.2, 0) is 6.54 Å². The minimum atomic E-state index is -0.437. The molecule has 3 aliphatic rings. The number of hydrogen-bond donors (Lipinski definition) is 1. The highest BCUT2D eigenvalue weighted by atomic mass is 16.5. The van der Waals surface area contributed by atoms with E-state index in [-0.39, 0.29) is 0 Å².